The molecule has 0 aliphatic heterocycles. The highest BCUT2D eigenvalue weighted by atomic mass is 79.9. The second-order valence-electron chi connectivity index (χ2n) is 5.40. The summed E-state index contributed by atoms with van der Waals surface area (Å²) < 4.78 is 1.13. The summed E-state index contributed by atoms with van der Waals surface area (Å²) in [7, 11) is 0. The number of halogens is 1. The van der Waals surface area contributed by atoms with E-state index in [1.54, 1.807) is 0 Å². The third kappa shape index (κ3) is 3.48. The molecular formula is C17H21BrN2. The first-order chi connectivity index (χ1) is 9.51. The van der Waals surface area contributed by atoms with Crippen LogP contribution in [0.25, 0.3) is 0 Å². The molecule has 0 amide bonds. The van der Waals surface area contributed by atoms with E-state index in [0.717, 1.165) is 10.9 Å². The first kappa shape index (κ1) is 15.2. The summed E-state index contributed by atoms with van der Waals surface area (Å²) in [6.07, 6.45) is 0.876. The van der Waals surface area contributed by atoms with Crippen LogP contribution in [-0.2, 0) is 6.42 Å². The van der Waals surface area contributed by atoms with E-state index >= 15 is 0 Å². The largest absolute Gasteiger partial charge is 0.271 e. The number of nitrogens with two attached hydrogens (primary N) is 1. The monoisotopic (exact) mass is 332 g/mol. The standard InChI is InChI=1S/C17H21BrN2/c1-11-7-12(2)9-14(8-11)10-16(20-19)15-6-4-5-13(3)17(15)18/h4-9,16,20H,10,19H2,1-3H3. The van der Waals surface area contributed by atoms with Crippen LogP contribution >= 0.6 is 15.9 Å². The van der Waals surface area contributed by atoms with Gasteiger partial charge in [0.1, 0.15) is 0 Å². The van der Waals surface area contributed by atoms with Crippen molar-refractivity contribution in [2.24, 2.45) is 5.84 Å². The Morgan fingerprint density at radius 2 is 1.75 bits per heavy atom. The highest BCUT2D eigenvalue weighted by Gasteiger charge is 2.15. The van der Waals surface area contributed by atoms with E-state index < -0.39 is 0 Å². The van der Waals surface area contributed by atoms with Crippen LogP contribution in [0.5, 0.6) is 0 Å². The quantitative estimate of drug-likeness (QED) is 0.652. The highest BCUT2D eigenvalue weighted by Crippen LogP contribution is 2.28. The maximum Gasteiger partial charge on any atom is 0.0511 e. The van der Waals surface area contributed by atoms with Crippen molar-refractivity contribution >= 4 is 15.9 Å². The molecule has 2 aromatic carbocycles. The van der Waals surface area contributed by atoms with Gasteiger partial charge in [0.2, 0.25) is 0 Å². The minimum Gasteiger partial charge on any atom is -0.271 e. The molecule has 0 bridgehead atoms. The Balaban J connectivity index is 2.31. The van der Waals surface area contributed by atoms with Gasteiger partial charge in [0, 0.05) is 4.47 Å². The fourth-order valence-electron chi connectivity index (χ4n) is 2.62. The molecule has 2 nitrogen and oxygen atoms in total. The number of aryl methyl sites for hydroxylation is 3. The van der Waals surface area contributed by atoms with Crippen molar-refractivity contribution in [1.82, 2.24) is 5.43 Å². The Morgan fingerprint density at radius 3 is 2.35 bits per heavy atom. The van der Waals surface area contributed by atoms with Gasteiger partial charge in [0.05, 0.1) is 6.04 Å². The molecule has 0 fully saturated rings. The molecule has 2 aromatic rings. The van der Waals surface area contributed by atoms with Crippen LogP contribution in [-0.4, -0.2) is 0 Å². The molecule has 0 saturated carbocycles. The molecule has 0 heterocycles. The maximum atomic E-state index is 5.78. The molecular weight excluding hydrogens is 312 g/mol. The predicted molar refractivity (Wildman–Crippen MR) is 88.6 cm³/mol. The first-order valence-corrected chi connectivity index (χ1v) is 7.59. The van der Waals surface area contributed by atoms with E-state index in [-0.39, 0.29) is 6.04 Å². The Labute approximate surface area is 129 Å². The third-order valence-electron chi connectivity index (χ3n) is 3.52. The van der Waals surface area contributed by atoms with Crippen molar-refractivity contribution in [3.05, 3.63) is 68.7 Å². The molecule has 0 spiro atoms. The van der Waals surface area contributed by atoms with E-state index in [1.807, 2.05) is 0 Å². The predicted octanol–water partition coefficient (Wildman–Crippen LogP) is 4.12. The van der Waals surface area contributed by atoms with Gasteiger partial charge in [-0.2, -0.15) is 0 Å². The van der Waals surface area contributed by atoms with Crippen molar-refractivity contribution in [3.63, 3.8) is 0 Å². The zero-order chi connectivity index (χ0) is 14.7. The van der Waals surface area contributed by atoms with Crippen molar-refractivity contribution in [3.8, 4) is 0 Å². The second-order valence-corrected chi connectivity index (χ2v) is 6.19. The second kappa shape index (κ2) is 6.53. The van der Waals surface area contributed by atoms with Crippen molar-refractivity contribution < 1.29 is 0 Å². The molecule has 3 N–H and O–H groups in total. The molecule has 0 radical (unpaired) electrons. The van der Waals surface area contributed by atoms with Crippen molar-refractivity contribution in [1.29, 1.82) is 0 Å². The van der Waals surface area contributed by atoms with Gasteiger partial charge >= 0.3 is 0 Å². The summed E-state index contributed by atoms with van der Waals surface area (Å²) in [4.78, 5) is 0. The minimum absolute atomic E-state index is 0.102. The summed E-state index contributed by atoms with van der Waals surface area (Å²) in [6, 6.07) is 13.0. The molecule has 1 unspecified atom stereocenters. The van der Waals surface area contributed by atoms with Gasteiger partial charge in [0.15, 0.2) is 0 Å². The lowest BCUT2D eigenvalue weighted by Gasteiger charge is -2.19. The molecule has 20 heavy (non-hydrogen) atoms. The van der Waals surface area contributed by atoms with Gasteiger partial charge < -0.3 is 0 Å². The number of hydrazine groups is 1. The van der Waals surface area contributed by atoms with E-state index in [2.05, 4.69) is 78.5 Å². The lowest BCUT2D eigenvalue weighted by Crippen LogP contribution is -2.30. The Morgan fingerprint density at radius 1 is 1.10 bits per heavy atom. The number of hydrogen-bond acceptors (Lipinski definition) is 2. The van der Waals surface area contributed by atoms with Gasteiger partial charge in [0.25, 0.3) is 0 Å². The third-order valence-corrected chi connectivity index (χ3v) is 4.60. The van der Waals surface area contributed by atoms with Gasteiger partial charge in [-0.05, 0) is 43.9 Å². The Bertz CT molecular complexity index is 588. The van der Waals surface area contributed by atoms with E-state index in [1.165, 1.54) is 27.8 Å². The first-order valence-electron chi connectivity index (χ1n) is 6.79. The zero-order valence-electron chi connectivity index (χ0n) is 12.2. The summed E-state index contributed by atoms with van der Waals surface area (Å²) >= 11 is 3.67. The number of hydrogen-bond donors (Lipinski definition) is 2. The van der Waals surface area contributed by atoms with Crippen molar-refractivity contribution in [2.75, 3.05) is 0 Å². The summed E-state index contributed by atoms with van der Waals surface area (Å²) in [5, 5.41) is 0. The molecule has 0 saturated heterocycles. The van der Waals surface area contributed by atoms with Crippen LogP contribution in [0.15, 0.2) is 40.9 Å². The summed E-state index contributed by atoms with van der Waals surface area (Å²) in [6.45, 7) is 6.35. The number of rotatable bonds is 4. The molecule has 0 aliphatic rings. The lowest BCUT2D eigenvalue weighted by atomic mass is 9.96. The average molecular weight is 333 g/mol. The molecule has 0 aliphatic carbocycles. The number of benzene rings is 2. The van der Waals surface area contributed by atoms with Crippen LogP contribution in [0.2, 0.25) is 0 Å². The SMILES string of the molecule is Cc1cc(C)cc(CC(NN)c2cccc(C)c2Br)c1. The zero-order valence-corrected chi connectivity index (χ0v) is 13.8. The van der Waals surface area contributed by atoms with E-state index in [4.69, 9.17) is 5.84 Å². The van der Waals surface area contributed by atoms with Crippen LogP contribution in [0, 0.1) is 20.8 Å². The minimum atomic E-state index is 0.102. The fraction of sp³-hybridized carbons (Fsp3) is 0.294. The van der Waals surface area contributed by atoms with Gasteiger partial charge in [-0.25, -0.2) is 0 Å². The van der Waals surface area contributed by atoms with E-state index in [0.29, 0.717) is 0 Å². The van der Waals surface area contributed by atoms with Crippen LogP contribution < -0.4 is 11.3 Å². The van der Waals surface area contributed by atoms with Crippen LogP contribution in [0.4, 0.5) is 0 Å². The molecule has 1 atom stereocenters. The van der Waals surface area contributed by atoms with Gasteiger partial charge in [-0.1, -0.05) is 63.5 Å². The Kier molecular flexibility index (Phi) is 4.97. The molecule has 0 aromatic heterocycles. The average Bonchev–Trinajstić information content (AvgIpc) is 2.38. The molecule has 3 heteroatoms. The summed E-state index contributed by atoms with van der Waals surface area (Å²) in [5.41, 5.74) is 9.26. The fourth-order valence-corrected chi connectivity index (χ4v) is 3.16. The maximum absolute atomic E-state index is 5.78. The van der Waals surface area contributed by atoms with Crippen molar-refractivity contribution in [2.45, 2.75) is 33.2 Å². The summed E-state index contributed by atoms with van der Waals surface area (Å²) in [5.74, 6) is 5.78. The Hall–Kier alpha value is -1.16. The topological polar surface area (TPSA) is 38.0 Å². The van der Waals surface area contributed by atoms with E-state index in [9.17, 15) is 0 Å². The van der Waals surface area contributed by atoms with Crippen LogP contribution in [0.1, 0.15) is 33.9 Å². The number of nitrogens with one attached hydrogen (secondary N) is 1. The molecule has 106 valence electrons. The normalized spacial score (nSPS) is 12.4. The van der Waals surface area contributed by atoms with Crippen LogP contribution in [0.3, 0.4) is 0 Å². The highest BCUT2D eigenvalue weighted by molar-refractivity contribution is 9.10. The van der Waals surface area contributed by atoms with Gasteiger partial charge in [-0.3, -0.25) is 11.3 Å². The van der Waals surface area contributed by atoms with Gasteiger partial charge in [-0.15, -0.1) is 0 Å². The smallest absolute Gasteiger partial charge is 0.0511 e. The lowest BCUT2D eigenvalue weighted by molar-refractivity contribution is 0.549. The molecule has 2 rings (SSSR count).